The number of likely N-dealkylation sites (tertiary alicyclic amines) is 1. The number of nitrogens with one attached hydrogen (secondary N) is 1. The van der Waals surface area contributed by atoms with Gasteiger partial charge in [-0.3, -0.25) is 0 Å². The monoisotopic (exact) mass is 427 g/mol. The van der Waals surface area contributed by atoms with Gasteiger partial charge in [0.2, 0.25) is 0 Å². The Morgan fingerprint density at radius 2 is 1.66 bits per heavy atom. The molecule has 5 rings (SSSR count). The summed E-state index contributed by atoms with van der Waals surface area (Å²) in [5.41, 5.74) is 11.0. The Bertz CT molecular complexity index is 987. The Kier molecular flexibility index (Phi) is 6.54. The van der Waals surface area contributed by atoms with Crippen LogP contribution in [0.1, 0.15) is 29.9 Å². The van der Waals surface area contributed by atoms with Gasteiger partial charge < -0.3 is 20.7 Å². The van der Waals surface area contributed by atoms with Gasteiger partial charge in [0, 0.05) is 37.6 Å². The first-order valence-corrected chi connectivity index (χ1v) is 11.8. The van der Waals surface area contributed by atoms with Crippen molar-refractivity contribution < 1.29 is 4.74 Å². The number of nitrogens with zero attached hydrogens (tertiary/aromatic N) is 1. The van der Waals surface area contributed by atoms with Gasteiger partial charge in [-0.2, -0.15) is 0 Å². The second kappa shape index (κ2) is 9.86. The van der Waals surface area contributed by atoms with E-state index in [-0.39, 0.29) is 0 Å². The Morgan fingerprint density at radius 1 is 0.906 bits per heavy atom. The van der Waals surface area contributed by atoms with E-state index in [0.29, 0.717) is 24.6 Å². The lowest BCUT2D eigenvalue weighted by atomic mass is 10.0. The van der Waals surface area contributed by atoms with Gasteiger partial charge in [0.05, 0.1) is 0 Å². The van der Waals surface area contributed by atoms with E-state index in [0.717, 1.165) is 38.3 Å². The van der Waals surface area contributed by atoms with Crippen LogP contribution < -0.4 is 15.8 Å². The minimum atomic E-state index is 0.373. The summed E-state index contributed by atoms with van der Waals surface area (Å²) < 4.78 is 6.02. The fraction of sp³-hybridized carbons (Fsp3) is 0.357. The lowest BCUT2D eigenvalue weighted by Gasteiger charge is -2.15. The van der Waals surface area contributed by atoms with Crippen LogP contribution in [-0.4, -0.2) is 43.2 Å². The zero-order valence-electron chi connectivity index (χ0n) is 18.6. The van der Waals surface area contributed by atoms with Gasteiger partial charge in [0.25, 0.3) is 0 Å². The molecule has 0 radical (unpaired) electrons. The van der Waals surface area contributed by atoms with Crippen LogP contribution in [0.3, 0.4) is 0 Å². The first kappa shape index (κ1) is 21.2. The van der Waals surface area contributed by atoms with E-state index in [4.69, 9.17) is 10.5 Å². The van der Waals surface area contributed by atoms with Crippen molar-refractivity contribution in [3.8, 4) is 16.9 Å². The average molecular weight is 428 g/mol. The molecule has 1 heterocycles. The van der Waals surface area contributed by atoms with E-state index in [1.165, 1.54) is 28.7 Å². The predicted octanol–water partition coefficient (Wildman–Crippen LogP) is 4.41. The van der Waals surface area contributed by atoms with Gasteiger partial charge in [0.15, 0.2) is 0 Å². The van der Waals surface area contributed by atoms with E-state index in [2.05, 4.69) is 83.0 Å². The maximum atomic E-state index is 6.02. The summed E-state index contributed by atoms with van der Waals surface area (Å²) in [5, 5.41) is 3.71. The molecule has 1 saturated carbocycles. The fourth-order valence-electron chi connectivity index (χ4n) is 4.66. The molecule has 4 nitrogen and oxygen atoms in total. The lowest BCUT2D eigenvalue weighted by molar-refractivity contribution is 0.306. The Labute approximate surface area is 191 Å². The molecule has 4 heteroatoms. The van der Waals surface area contributed by atoms with Crippen molar-refractivity contribution in [2.75, 3.05) is 26.2 Å². The summed E-state index contributed by atoms with van der Waals surface area (Å²) >= 11 is 0. The molecule has 1 saturated heterocycles. The highest BCUT2D eigenvalue weighted by Gasteiger charge is 2.37. The number of ether oxygens (including phenoxy) is 1. The number of rotatable bonds is 9. The van der Waals surface area contributed by atoms with Gasteiger partial charge >= 0.3 is 0 Å². The van der Waals surface area contributed by atoms with Crippen molar-refractivity contribution in [3.05, 3.63) is 90.0 Å². The van der Waals surface area contributed by atoms with Crippen LogP contribution in [0, 0.1) is 0 Å². The van der Waals surface area contributed by atoms with Gasteiger partial charge in [-0.15, -0.1) is 0 Å². The third-order valence-electron chi connectivity index (χ3n) is 6.71. The van der Waals surface area contributed by atoms with Crippen molar-refractivity contribution in [2.24, 2.45) is 5.73 Å². The molecule has 32 heavy (non-hydrogen) atoms. The lowest BCUT2D eigenvalue weighted by Crippen LogP contribution is -2.33. The first-order chi connectivity index (χ1) is 15.7. The molecule has 0 amide bonds. The molecule has 3 aromatic carbocycles. The standard InChI is InChI=1S/C28H33N3O/c29-25-14-16-31(19-25)17-15-30-28-18-27(28)24-10-12-26(13-11-24)32-20-21-6-8-23(9-7-21)22-4-2-1-3-5-22/h1-13,25,27-28,30H,14-20,29H2/t25-,27+,28-/m1/s1. The molecule has 0 bridgehead atoms. The summed E-state index contributed by atoms with van der Waals surface area (Å²) in [4.78, 5) is 2.47. The molecule has 3 atom stereocenters. The topological polar surface area (TPSA) is 50.5 Å². The van der Waals surface area contributed by atoms with Crippen LogP contribution in [0.15, 0.2) is 78.9 Å². The molecule has 1 aliphatic carbocycles. The van der Waals surface area contributed by atoms with Crippen LogP contribution in [-0.2, 0) is 6.61 Å². The minimum Gasteiger partial charge on any atom is -0.489 e. The molecule has 3 aromatic rings. The molecule has 1 aliphatic heterocycles. The highest BCUT2D eigenvalue weighted by molar-refractivity contribution is 5.63. The molecular weight excluding hydrogens is 394 g/mol. The normalized spacial score (nSPS) is 22.7. The number of hydrogen-bond donors (Lipinski definition) is 2. The molecule has 166 valence electrons. The molecule has 2 aliphatic rings. The highest BCUT2D eigenvalue weighted by Crippen LogP contribution is 2.41. The zero-order valence-corrected chi connectivity index (χ0v) is 18.6. The predicted molar refractivity (Wildman–Crippen MR) is 131 cm³/mol. The van der Waals surface area contributed by atoms with Crippen LogP contribution >= 0.6 is 0 Å². The van der Waals surface area contributed by atoms with Crippen molar-refractivity contribution >= 4 is 0 Å². The fourth-order valence-corrected chi connectivity index (χ4v) is 4.66. The van der Waals surface area contributed by atoms with E-state index in [1.807, 2.05) is 6.07 Å². The van der Waals surface area contributed by atoms with Crippen molar-refractivity contribution in [1.82, 2.24) is 10.2 Å². The van der Waals surface area contributed by atoms with Gasteiger partial charge in [0.1, 0.15) is 12.4 Å². The smallest absolute Gasteiger partial charge is 0.119 e. The molecule has 0 unspecified atom stereocenters. The van der Waals surface area contributed by atoms with Crippen LogP contribution in [0.4, 0.5) is 0 Å². The third-order valence-corrected chi connectivity index (χ3v) is 6.71. The first-order valence-electron chi connectivity index (χ1n) is 11.8. The van der Waals surface area contributed by atoms with E-state index >= 15 is 0 Å². The number of nitrogens with two attached hydrogens (primary N) is 1. The maximum Gasteiger partial charge on any atom is 0.119 e. The van der Waals surface area contributed by atoms with Crippen LogP contribution in [0.2, 0.25) is 0 Å². The van der Waals surface area contributed by atoms with E-state index in [9.17, 15) is 0 Å². The second-order valence-corrected chi connectivity index (χ2v) is 9.17. The minimum absolute atomic E-state index is 0.373. The molecule has 0 aromatic heterocycles. The largest absolute Gasteiger partial charge is 0.489 e. The quantitative estimate of drug-likeness (QED) is 0.531. The second-order valence-electron chi connectivity index (χ2n) is 9.17. The molecule has 0 spiro atoms. The average Bonchev–Trinajstić information content (AvgIpc) is 3.50. The number of hydrogen-bond acceptors (Lipinski definition) is 4. The summed E-state index contributed by atoms with van der Waals surface area (Å²) in [6.45, 7) is 4.94. The van der Waals surface area contributed by atoms with Crippen LogP contribution in [0.25, 0.3) is 11.1 Å². The summed E-state index contributed by atoms with van der Waals surface area (Å²) in [7, 11) is 0. The van der Waals surface area contributed by atoms with Gasteiger partial charge in [-0.05, 0) is 53.8 Å². The summed E-state index contributed by atoms with van der Waals surface area (Å²) in [5.74, 6) is 1.56. The van der Waals surface area contributed by atoms with E-state index in [1.54, 1.807) is 0 Å². The summed E-state index contributed by atoms with van der Waals surface area (Å²) in [6.07, 6.45) is 2.37. The van der Waals surface area contributed by atoms with Crippen molar-refractivity contribution in [2.45, 2.75) is 37.5 Å². The molecule has 3 N–H and O–H groups in total. The Morgan fingerprint density at radius 3 is 2.38 bits per heavy atom. The van der Waals surface area contributed by atoms with Crippen molar-refractivity contribution in [3.63, 3.8) is 0 Å². The third kappa shape index (κ3) is 5.39. The van der Waals surface area contributed by atoms with Crippen LogP contribution in [0.5, 0.6) is 5.75 Å². The maximum absolute atomic E-state index is 6.02. The number of benzene rings is 3. The zero-order chi connectivity index (χ0) is 21.8. The van der Waals surface area contributed by atoms with Crippen molar-refractivity contribution in [1.29, 1.82) is 0 Å². The molecule has 2 fully saturated rings. The Hall–Kier alpha value is -2.66. The van der Waals surface area contributed by atoms with E-state index < -0.39 is 0 Å². The Balaban J connectivity index is 1.06. The SMILES string of the molecule is N[C@@H]1CCN(CCN[C@@H]2C[C@H]2c2ccc(OCc3ccc(-c4ccccc4)cc3)cc2)C1. The van der Waals surface area contributed by atoms with Gasteiger partial charge in [-0.1, -0.05) is 66.7 Å². The van der Waals surface area contributed by atoms with Gasteiger partial charge in [-0.25, -0.2) is 0 Å². The molecular formula is C28H33N3O. The summed E-state index contributed by atoms with van der Waals surface area (Å²) in [6, 6.07) is 28.7. The highest BCUT2D eigenvalue weighted by atomic mass is 16.5.